The fourth-order valence-corrected chi connectivity index (χ4v) is 1.79. The summed E-state index contributed by atoms with van der Waals surface area (Å²) in [5.41, 5.74) is 2.06. The van der Waals surface area contributed by atoms with Crippen molar-refractivity contribution in [3.05, 3.63) is 47.8 Å². The molecule has 0 radical (unpaired) electrons. The fraction of sp³-hybridized carbons (Fsp3) is 0.333. The van der Waals surface area contributed by atoms with Crippen molar-refractivity contribution in [1.29, 1.82) is 0 Å². The summed E-state index contributed by atoms with van der Waals surface area (Å²) >= 11 is 0. The molecule has 0 spiro atoms. The number of aryl methyl sites for hydroxylation is 1. The van der Waals surface area contributed by atoms with Gasteiger partial charge in [0.15, 0.2) is 0 Å². The zero-order chi connectivity index (χ0) is 14.2. The van der Waals surface area contributed by atoms with Gasteiger partial charge in [-0.15, -0.1) is 0 Å². The molecule has 0 saturated carbocycles. The molecular formula is C15H19N3O2. The zero-order valence-electron chi connectivity index (χ0n) is 11.6. The summed E-state index contributed by atoms with van der Waals surface area (Å²) < 4.78 is 5.59. The van der Waals surface area contributed by atoms with Gasteiger partial charge < -0.3 is 10.1 Å². The third kappa shape index (κ3) is 4.76. The first kappa shape index (κ1) is 14.1. The molecular weight excluding hydrogens is 254 g/mol. The van der Waals surface area contributed by atoms with Gasteiger partial charge in [-0.2, -0.15) is 5.10 Å². The van der Waals surface area contributed by atoms with Crippen LogP contribution in [-0.2, 0) is 11.3 Å². The van der Waals surface area contributed by atoms with Gasteiger partial charge in [-0.25, -0.2) is 0 Å². The van der Waals surface area contributed by atoms with E-state index in [1.165, 1.54) is 5.56 Å². The normalized spacial score (nSPS) is 10.2. The molecule has 1 aromatic carbocycles. The Bertz CT molecular complexity index is 538. The Hall–Kier alpha value is -2.30. The Kier molecular flexibility index (Phi) is 5.17. The van der Waals surface area contributed by atoms with E-state index in [1.807, 2.05) is 37.3 Å². The van der Waals surface area contributed by atoms with E-state index >= 15 is 0 Å². The van der Waals surface area contributed by atoms with Gasteiger partial charge in [0, 0.05) is 12.6 Å². The second kappa shape index (κ2) is 7.33. The highest BCUT2D eigenvalue weighted by molar-refractivity contribution is 5.75. The summed E-state index contributed by atoms with van der Waals surface area (Å²) in [4.78, 5) is 11.6. The Morgan fingerprint density at radius 1 is 1.40 bits per heavy atom. The van der Waals surface area contributed by atoms with Crippen molar-refractivity contribution >= 4 is 5.91 Å². The van der Waals surface area contributed by atoms with E-state index < -0.39 is 0 Å². The molecule has 106 valence electrons. The predicted octanol–water partition coefficient (Wildman–Crippen LogP) is 2.19. The van der Waals surface area contributed by atoms with Gasteiger partial charge in [0.05, 0.1) is 18.8 Å². The smallest absolute Gasteiger partial charge is 0.220 e. The average Bonchev–Trinajstić information content (AvgIpc) is 2.95. The molecule has 1 heterocycles. The van der Waals surface area contributed by atoms with Crippen LogP contribution in [0.4, 0.5) is 0 Å². The number of carbonyl (C=O) groups excluding carboxylic acids is 1. The Balaban J connectivity index is 1.59. The maximum absolute atomic E-state index is 11.6. The lowest BCUT2D eigenvalue weighted by molar-refractivity contribution is -0.121. The summed E-state index contributed by atoms with van der Waals surface area (Å²) in [6, 6.07) is 9.72. The van der Waals surface area contributed by atoms with Crippen molar-refractivity contribution in [2.45, 2.75) is 26.3 Å². The summed E-state index contributed by atoms with van der Waals surface area (Å²) in [5, 5.41) is 9.44. The third-order valence-corrected chi connectivity index (χ3v) is 2.84. The minimum absolute atomic E-state index is 0.0208. The number of hydrogen-bond acceptors (Lipinski definition) is 3. The van der Waals surface area contributed by atoms with E-state index in [2.05, 4.69) is 15.5 Å². The molecule has 0 aliphatic carbocycles. The molecule has 5 heteroatoms. The quantitative estimate of drug-likeness (QED) is 0.760. The highest BCUT2D eigenvalue weighted by atomic mass is 16.5. The average molecular weight is 273 g/mol. The van der Waals surface area contributed by atoms with Crippen LogP contribution in [0.2, 0.25) is 0 Å². The second-order valence-corrected chi connectivity index (χ2v) is 4.63. The predicted molar refractivity (Wildman–Crippen MR) is 76.3 cm³/mol. The summed E-state index contributed by atoms with van der Waals surface area (Å²) in [5.74, 6) is 0.871. The van der Waals surface area contributed by atoms with Gasteiger partial charge >= 0.3 is 0 Å². The second-order valence-electron chi connectivity index (χ2n) is 4.63. The van der Waals surface area contributed by atoms with Gasteiger partial charge in [0.25, 0.3) is 0 Å². The first-order valence-corrected chi connectivity index (χ1v) is 6.68. The van der Waals surface area contributed by atoms with Crippen LogP contribution in [0.15, 0.2) is 36.5 Å². The molecule has 0 aliphatic rings. The molecule has 2 aromatic rings. The molecule has 20 heavy (non-hydrogen) atoms. The van der Waals surface area contributed by atoms with Crippen molar-refractivity contribution in [3.63, 3.8) is 0 Å². The van der Waals surface area contributed by atoms with E-state index in [1.54, 1.807) is 6.20 Å². The Morgan fingerprint density at radius 3 is 3.05 bits per heavy atom. The van der Waals surface area contributed by atoms with Crippen LogP contribution in [0, 0.1) is 6.92 Å². The van der Waals surface area contributed by atoms with Crippen LogP contribution in [0.5, 0.6) is 5.75 Å². The van der Waals surface area contributed by atoms with Gasteiger partial charge in [-0.05, 0) is 37.1 Å². The van der Waals surface area contributed by atoms with Crippen molar-refractivity contribution in [2.75, 3.05) is 6.61 Å². The first-order valence-electron chi connectivity index (χ1n) is 6.68. The van der Waals surface area contributed by atoms with Gasteiger partial charge in [-0.1, -0.05) is 12.1 Å². The molecule has 0 unspecified atom stereocenters. The number of benzene rings is 1. The van der Waals surface area contributed by atoms with Crippen molar-refractivity contribution < 1.29 is 9.53 Å². The fourth-order valence-electron chi connectivity index (χ4n) is 1.79. The number of nitrogens with zero attached hydrogens (tertiary/aromatic N) is 1. The molecule has 1 aromatic heterocycles. The van der Waals surface area contributed by atoms with Crippen molar-refractivity contribution in [1.82, 2.24) is 15.5 Å². The number of aromatic amines is 1. The minimum Gasteiger partial charge on any atom is -0.494 e. The minimum atomic E-state index is 0.0208. The van der Waals surface area contributed by atoms with E-state index in [9.17, 15) is 4.79 Å². The number of ether oxygens (including phenoxy) is 1. The number of aromatic nitrogens is 2. The summed E-state index contributed by atoms with van der Waals surface area (Å²) in [6.45, 7) is 3.05. The molecule has 2 N–H and O–H groups in total. The molecule has 0 fully saturated rings. The van der Waals surface area contributed by atoms with Crippen molar-refractivity contribution in [3.8, 4) is 5.75 Å². The number of hydrogen-bond donors (Lipinski definition) is 2. The monoisotopic (exact) mass is 273 g/mol. The Morgan fingerprint density at radius 2 is 2.30 bits per heavy atom. The highest BCUT2D eigenvalue weighted by Gasteiger charge is 2.02. The van der Waals surface area contributed by atoms with Crippen LogP contribution in [-0.4, -0.2) is 22.7 Å². The van der Waals surface area contributed by atoms with E-state index in [0.29, 0.717) is 26.0 Å². The molecule has 0 aliphatic heterocycles. The number of amides is 1. The topological polar surface area (TPSA) is 67.0 Å². The number of carbonyl (C=O) groups is 1. The molecule has 0 bridgehead atoms. The number of nitrogens with one attached hydrogen (secondary N) is 2. The molecule has 1 amide bonds. The largest absolute Gasteiger partial charge is 0.494 e. The van der Waals surface area contributed by atoms with Crippen LogP contribution < -0.4 is 10.1 Å². The SMILES string of the molecule is Cc1cccc(OCCCC(=O)NCc2ccn[nH]2)c1. The molecule has 0 atom stereocenters. The molecule has 2 rings (SSSR count). The number of H-pyrrole nitrogens is 1. The highest BCUT2D eigenvalue weighted by Crippen LogP contribution is 2.12. The van der Waals surface area contributed by atoms with Crippen molar-refractivity contribution in [2.24, 2.45) is 0 Å². The maximum Gasteiger partial charge on any atom is 0.220 e. The summed E-state index contributed by atoms with van der Waals surface area (Å²) in [6.07, 6.45) is 2.82. The van der Waals surface area contributed by atoms with Crippen LogP contribution in [0.3, 0.4) is 0 Å². The van der Waals surface area contributed by atoms with E-state index in [0.717, 1.165) is 11.4 Å². The van der Waals surface area contributed by atoms with E-state index in [4.69, 9.17) is 4.74 Å². The van der Waals surface area contributed by atoms with Gasteiger partial charge in [0.2, 0.25) is 5.91 Å². The molecule has 0 saturated heterocycles. The standard InChI is InChI=1S/C15H19N3O2/c1-12-4-2-5-14(10-12)20-9-3-6-15(19)16-11-13-7-8-17-18-13/h2,4-5,7-8,10H,3,6,9,11H2,1H3,(H,16,19)(H,17,18). The number of rotatable bonds is 7. The summed E-state index contributed by atoms with van der Waals surface area (Å²) in [7, 11) is 0. The lowest BCUT2D eigenvalue weighted by Gasteiger charge is -2.07. The lowest BCUT2D eigenvalue weighted by Crippen LogP contribution is -2.23. The maximum atomic E-state index is 11.6. The van der Waals surface area contributed by atoms with Crippen LogP contribution in [0.1, 0.15) is 24.1 Å². The van der Waals surface area contributed by atoms with Crippen LogP contribution in [0.25, 0.3) is 0 Å². The van der Waals surface area contributed by atoms with Gasteiger partial charge in [-0.3, -0.25) is 9.89 Å². The molecule has 5 nitrogen and oxygen atoms in total. The van der Waals surface area contributed by atoms with Gasteiger partial charge in [0.1, 0.15) is 5.75 Å². The van der Waals surface area contributed by atoms with Crippen LogP contribution >= 0.6 is 0 Å². The first-order chi connectivity index (χ1) is 9.74. The third-order valence-electron chi connectivity index (χ3n) is 2.84. The Labute approximate surface area is 118 Å². The lowest BCUT2D eigenvalue weighted by atomic mass is 10.2. The zero-order valence-corrected chi connectivity index (χ0v) is 11.6. The van der Waals surface area contributed by atoms with E-state index in [-0.39, 0.29) is 5.91 Å².